The van der Waals surface area contributed by atoms with Gasteiger partial charge in [0.05, 0.1) is 0 Å². The fraction of sp³-hybridized carbons (Fsp3) is 0.182. The largest absolute Gasteiger partial charge is 0.300 e. The average Bonchev–Trinajstić information content (AvgIpc) is 2.03. The molecule has 1 nitrogen and oxygen atoms in total. The van der Waals surface area contributed by atoms with Crippen molar-refractivity contribution < 1.29 is 4.79 Å². The topological polar surface area (TPSA) is 17.1 Å². The van der Waals surface area contributed by atoms with Crippen LogP contribution in [0, 0.1) is 12.3 Å². The Morgan fingerprint density at radius 1 is 1.58 bits per heavy atom. The molecule has 0 heterocycles. The van der Waals surface area contributed by atoms with E-state index in [0.29, 0.717) is 6.42 Å². The van der Waals surface area contributed by atoms with Crippen LogP contribution < -0.4 is 0 Å². The molecule has 0 fully saturated rings. The molecule has 0 radical (unpaired) electrons. The van der Waals surface area contributed by atoms with E-state index in [0.717, 1.165) is 11.1 Å². The van der Waals surface area contributed by atoms with Crippen LogP contribution in [0.1, 0.15) is 18.1 Å². The molecule has 1 heteroatoms. The molecule has 0 amide bonds. The highest BCUT2D eigenvalue weighted by Crippen LogP contribution is 2.04. The summed E-state index contributed by atoms with van der Waals surface area (Å²) in [7, 11) is 0. The number of rotatable bonds is 2. The van der Waals surface area contributed by atoms with Crippen molar-refractivity contribution >= 4 is 5.78 Å². The summed E-state index contributed by atoms with van der Waals surface area (Å²) in [5.74, 6) is 2.69. The SMILES string of the molecule is C#Cc1cccc(CC(C)=O)c1. The molecule has 1 aromatic rings. The Morgan fingerprint density at radius 2 is 2.33 bits per heavy atom. The predicted molar refractivity (Wildman–Crippen MR) is 48.8 cm³/mol. The summed E-state index contributed by atoms with van der Waals surface area (Å²) >= 11 is 0. The number of terminal acetylenes is 1. The summed E-state index contributed by atoms with van der Waals surface area (Å²) in [6.45, 7) is 1.57. The summed E-state index contributed by atoms with van der Waals surface area (Å²) < 4.78 is 0. The van der Waals surface area contributed by atoms with E-state index in [1.807, 2.05) is 24.3 Å². The Balaban J connectivity index is 2.88. The number of Topliss-reactive ketones (excluding diaryl/α,β-unsaturated/α-hetero) is 1. The number of hydrogen-bond donors (Lipinski definition) is 0. The number of ketones is 1. The third kappa shape index (κ3) is 2.25. The van der Waals surface area contributed by atoms with Gasteiger partial charge in [0.25, 0.3) is 0 Å². The number of carbonyl (C=O) groups is 1. The van der Waals surface area contributed by atoms with Gasteiger partial charge < -0.3 is 0 Å². The van der Waals surface area contributed by atoms with Crippen LogP contribution in [-0.2, 0) is 11.2 Å². The van der Waals surface area contributed by atoms with E-state index in [4.69, 9.17) is 6.42 Å². The standard InChI is InChI=1S/C11H10O/c1-3-10-5-4-6-11(8-10)7-9(2)12/h1,4-6,8H,7H2,2H3. The highest BCUT2D eigenvalue weighted by atomic mass is 16.1. The molecular formula is C11H10O. The molecule has 0 N–H and O–H groups in total. The first-order chi connectivity index (χ1) is 5.72. The van der Waals surface area contributed by atoms with Gasteiger partial charge in [0.1, 0.15) is 5.78 Å². The molecule has 0 aliphatic heterocycles. The molecule has 60 valence electrons. The third-order valence-electron chi connectivity index (χ3n) is 1.55. The lowest BCUT2D eigenvalue weighted by molar-refractivity contribution is -0.116. The molecule has 1 aromatic carbocycles. The molecular weight excluding hydrogens is 148 g/mol. The Hall–Kier alpha value is -1.55. The van der Waals surface area contributed by atoms with Crippen LogP contribution in [0.15, 0.2) is 24.3 Å². The molecule has 12 heavy (non-hydrogen) atoms. The van der Waals surface area contributed by atoms with Crippen LogP contribution in [0.2, 0.25) is 0 Å². The second-order valence-electron chi connectivity index (χ2n) is 2.72. The summed E-state index contributed by atoms with van der Waals surface area (Å²) in [5.41, 5.74) is 1.81. The van der Waals surface area contributed by atoms with Gasteiger partial charge in [-0.15, -0.1) is 6.42 Å². The van der Waals surface area contributed by atoms with Crippen molar-refractivity contribution in [3.63, 3.8) is 0 Å². The number of benzene rings is 1. The minimum absolute atomic E-state index is 0.157. The third-order valence-corrected chi connectivity index (χ3v) is 1.55. The number of carbonyl (C=O) groups excluding carboxylic acids is 1. The number of hydrogen-bond acceptors (Lipinski definition) is 1. The fourth-order valence-corrected chi connectivity index (χ4v) is 1.06. The predicted octanol–water partition coefficient (Wildman–Crippen LogP) is 1.80. The van der Waals surface area contributed by atoms with Crippen molar-refractivity contribution in [1.82, 2.24) is 0 Å². The molecule has 1 rings (SSSR count). The quantitative estimate of drug-likeness (QED) is 0.600. The highest BCUT2D eigenvalue weighted by molar-refractivity contribution is 5.78. The van der Waals surface area contributed by atoms with E-state index in [9.17, 15) is 4.79 Å². The van der Waals surface area contributed by atoms with Gasteiger partial charge in [-0.3, -0.25) is 4.79 Å². The minimum atomic E-state index is 0.157. The molecule has 0 saturated heterocycles. The monoisotopic (exact) mass is 158 g/mol. The van der Waals surface area contributed by atoms with Crippen molar-refractivity contribution in [2.24, 2.45) is 0 Å². The summed E-state index contributed by atoms with van der Waals surface area (Å²) in [4.78, 5) is 10.8. The first kappa shape index (κ1) is 8.55. The van der Waals surface area contributed by atoms with E-state index >= 15 is 0 Å². The first-order valence-electron chi connectivity index (χ1n) is 3.77. The van der Waals surface area contributed by atoms with E-state index in [2.05, 4.69) is 5.92 Å². The Bertz CT molecular complexity index is 331. The van der Waals surface area contributed by atoms with Crippen LogP contribution >= 0.6 is 0 Å². The van der Waals surface area contributed by atoms with E-state index in [1.165, 1.54) is 0 Å². The fourth-order valence-electron chi connectivity index (χ4n) is 1.06. The van der Waals surface area contributed by atoms with Crippen molar-refractivity contribution in [3.05, 3.63) is 35.4 Å². The molecule has 0 saturated carbocycles. The molecule has 0 spiro atoms. The van der Waals surface area contributed by atoms with Gasteiger partial charge >= 0.3 is 0 Å². The van der Waals surface area contributed by atoms with Crippen LogP contribution in [0.25, 0.3) is 0 Å². The van der Waals surface area contributed by atoms with Gasteiger partial charge in [-0.25, -0.2) is 0 Å². The first-order valence-corrected chi connectivity index (χ1v) is 3.77. The van der Waals surface area contributed by atoms with Gasteiger partial charge in [-0.2, -0.15) is 0 Å². The molecule has 0 aliphatic rings. The molecule has 0 aromatic heterocycles. The van der Waals surface area contributed by atoms with E-state index in [1.54, 1.807) is 6.92 Å². The van der Waals surface area contributed by atoms with Gasteiger partial charge in [0.15, 0.2) is 0 Å². The Morgan fingerprint density at radius 3 is 2.92 bits per heavy atom. The minimum Gasteiger partial charge on any atom is -0.300 e. The lowest BCUT2D eigenvalue weighted by atomic mass is 10.1. The Labute approximate surface area is 72.4 Å². The van der Waals surface area contributed by atoms with Crippen LogP contribution in [0.4, 0.5) is 0 Å². The molecule has 0 atom stereocenters. The summed E-state index contributed by atoms with van der Waals surface area (Å²) in [6.07, 6.45) is 5.68. The normalized spacial score (nSPS) is 9.00. The zero-order valence-electron chi connectivity index (χ0n) is 7.00. The maximum absolute atomic E-state index is 10.8. The van der Waals surface area contributed by atoms with Gasteiger partial charge in [-0.05, 0) is 24.6 Å². The van der Waals surface area contributed by atoms with Crippen molar-refractivity contribution in [2.75, 3.05) is 0 Å². The van der Waals surface area contributed by atoms with Crippen LogP contribution in [0.5, 0.6) is 0 Å². The smallest absolute Gasteiger partial charge is 0.134 e. The molecule has 0 aliphatic carbocycles. The molecule has 0 unspecified atom stereocenters. The molecule has 0 bridgehead atoms. The van der Waals surface area contributed by atoms with E-state index < -0.39 is 0 Å². The maximum Gasteiger partial charge on any atom is 0.134 e. The van der Waals surface area contributed by atoms with Crippen molar-refractivity contribution in [2.45, 2.75) is 13.3 Å². The van der Waals surface area contributed by atoms with Gasteiger partial charge in [-0.1, -0.05) is 18.1 Å². The summed E-state index contributed by atoms with van der Waals surface area (Å²) in [6, 6.07) is 7.49. The lowest BCUT2D eigenvalue weighted by Gasteiger charge is -1.97. The van der Waals surface area contributed by atoms with Gasteiger partial charge in [0, 0.05) is 12.0 Å². The average molecular weight is 158 g/mol. The second kappa shape index (κ2) is 3.73. The highest BCUT2D eigenvalue weighted by Gasteiger charge is 1.96. The van der Waals surface area contributed by atoms with Gasteiger partial charge in [0.2, 0.25) is 0 Å². The second-order valence-corrected chi connectivity index (χ2v) is 2.72. The summed E-state index contributed by atoms with van der Waals surface area (Å²) in [5, 5.41) is 0. The lowest BCUT2D eigenvalue weighted by Crippen LogP contribution is -1.95. The van der Waals surface area contributed by atoms with Crippen LogP contribution in [-0.4, -0.2) is 5.78 Å². The maximum atomic E-state index is 10.8. The Kier molecular flexibility index (Phi) is 2.66. The van der Waals surface area contributed by atoms with Crippen molar-refractivity contribution in [3.8, 4) is 12.3 Å². The zero-order chi connectivity index (χ0) is 8.97. The zero-order valence-corrected chi connectivity index (χ0v) is 7.00. The van der Waals surface area contributed by atoms with Crippen molar-refractivity contribution in [1.29, 1.82) is 0 Å². The van der Waals surface area contributed by atoms with E-state index in [-0.39, 0.29) is 5.78 Å². The van der Waals surface area contributed by atoms with Crippen LogP contribution in [0.3, 0.4) is 0 Å².